The van der Waals surface area contributed by atoms with Gasteiger partial charge in [-0.05, 0) is 17.7 Å². The Balaban J connectivity index is 2.78. The molecule has 62 valence electrons. The molecular weight excluding hydrogens is 197 g/mol. The van der Waals surface area contributed by atoms with Crippen molar-refractivity contribution in [3.8, 4) is 0 Å². The van der Waals surface area contributed by atoms with Gasteiger partial charge in [-0.25, -0.2) is 0 Å². The maximum atomic E-state index is 5.68. The van der Waals surface area contributed by atoms with E-state index < -0.39 is 0 Å². The van der Waals surface area contributed by atoms with Crippen molar-refractivity contribution < 1.29 is 4.42 Å². The highest BCUT2D eigenvalue weighted by Crippen LogP contribution is 2.23. The third-order valence-corrected chi connectivity index (χ3v) is 2.06. The van der Waals surface area contributed by atoms with Gasteiger partial charge in [-0.2, -0.15) is 4.98 Å². The van der Waals surface area contributed by atoms with Gasteiger partial charge in [0.25, 0.3) is 5.35 Å². The molecule has 2 rings (SSSR count). The highest BCUT2D eigenvalue weighted by atomic mass is 35.5. The summed E-state index contributed by atoms with van der Waals surface area (Å²) in [6, 6.07) is 5.59. The molecule has 0 radical (unpaired) electrons. The van der Waals surface area contributed by atoms with Gasteiger partial charge in [0.05, 0.1) is 5.88 Å². The van der Waals surface area contributed by atoms with Crippen LogP contribution in [0.15, 0.2) is 22.6 Å². The van der Waals surface area contributed by atoms with Crippen LogP contribution in [0.3, 0.4) is 0 Å². The SMILES string of the molecule is ClCc1cccc2nc(Cl)oc12. The summed E-state index contributed by atoms with van der Waals surface area (Å²) in [5.41, 5.74) is 2.34. The average Bonchev–Trinajstić information content (AvgIpc) is 2.44. The Kier molecular flexibility index (Phi) is 1.95. The topological polar surface area (TPSA) is 26.0 Å². The highest BCUT2D eigenvalue weighted by molar-refractivity contribution is 6.28. The number of hydrogen-bond donors (Lipinski definition) is 0. The number of para-hydroxylation sites is 1. The van der Waals surface area contributed by atoms with E-state index in [-0.39, 0.29) is 5.35 Å². The predicted octanol–water partition coefficient (Wildman–Crippen LogP) is 3.22. The van der Waals surface area contributed by atoms with E-state index in [1.165, 1.54) is 0 Å². The molecule has 0 aliphatic carbocycles. The lowest BCUT2D eigenvalue weighted by atomic mass is 10.2. The van der Waals surface area contributed by atoms with Gasteiger partial charge in [0, 0.05) is 5.56 Å². The molecule has 0 unspecified atom stereocenters. The van der Waals surface area contributed by atoms with Gasteiger partial charge in [-0.15, -0.1) is 11.6 Å². The van der Waals surface area contributed by atoms with Crippen LogP contribution in [-0.2, 0) is 5.88 Å². The van der Waals surface area contributed by atoms with Crippen LogP contribution in [0.5, 0.6) is 0 Å². The van der Waals surface area contributed by atoms with E-state index in [9.17, 15) is 0 Å². The second-order valence-electron chi connectivity index (χ2n) is 2.37. The number of halogens is 2. The fourth-order valence-electron chi connectivity index (χ4n) is 1.08. The summed E-state index contributed by atoms with van der Waals surface area (Å²) in [6.07, 6.45) is 0. The molecule has 2 aromatic rings. The molecule has 0 atom stereocenters. The van der Waals surface area contributed by atoms with Crippen LogP contribution >= 0.6 is 23.2 Å². The first-order chi connectivity index (χ1) is 5.81. The summed E-state index contributed by atoms with van der Waals surface area (Å²) in [6.45, 7) is 0. The zero-order valence-electron chi connectivity index (χ0n) is 6.05. The Hall–Kier alpha value is -0.730. The zero-order valence-corrected chi connectivity index (χ0v) is 7.56. The first kappa shape index (κ1) is 7.90. The third-order valence-electron chi connectivity index (χ3n) is 1.61. The molecule has 0 saturated carbocycles. The standard InChI is InChI=1S/C8H5Cl2NO/c9-4-5-2-1-3-6-7(5)12-8(10)11-6/h1-3H,4H2. The molecule has 0 amide bonds. The number of hydrogen-bond acceptors (Lipinski definition) is 2. The number of aromatic nitrogens is 1. The monoisotopic (exact) mass is 201 g/mol. The van der Waals surface area contributed by atoms with E-state index in [1.54, 1.807) is 0 Å². The molecule has 1 aromatic carbocycles. The quantitative estimate of drug-likeness (QED) is 0.663. The molecule has 0 aliphatic rings. The smallest absolute Gasteiger partial charge is 0.293 e. The van der Waals surface area contributed by atoms with Crippen molar-refractivity contribution in [1.82, 2.24) is 4.98 Å². The Labute approximate surface area is 79.1 Å². The largest absolute Gasteiger partial charge is 0.427 e. The molecule has 12 heavy (non-hydrogen) atoms. The Morgan fingerprint density at radius 3 is 3.00 bits per heavy atom. The van der Waals surface area contributed by atoms with Crippen LogP contribution in [0, 0.1) is 0 Å². The van der Waals surface area contributed by atoms with E-state index in [4.69, 9.17) is 27.6 Å². The van der Waals surface area contributed by atoms with E-state index in [2.05, 4.69) is 4.98 Å². The average molecular weight is 202 g/mol. The van der Waals surface area contributed by atoms with Crippen molar-refractivity contribution in [2.24, 2.45) is 0 Å². The van der Waals surface area contributed by atoms with Gasteiger partial charge in [0.15, 0.2) is 5.58 Å². The fraction of sp³-hybridized carbons (Fsp3) is 0.125. The number of alkyl halides is 1. The summed E-state index contributed by atoms with van der Waals surface area (Å²) >= 11 is 11.3. The van der Waals surface area contributed by atoms with Crippen molar-refractivity contribution in [2.45, 2.75) is 5.88 Å². The first-order valence-corrected chi connectivity index (χ1v) is 4.32. The summed E-state index contributed by atoms with van der Waals surface area (Å²) in [5.74, 6) is 0.406. The summed E-state index contributed by atoms with van der Waals surface area (Å²) in [7, 11) is 0. The maximum Gasteiger partial charge on any atom is 0.293 e. The van der Waals surface area contributed by atoms with Crippen LogP contribution in [0.4, 0.5) is 0 Å². The molecule has 0 spiro atoms. The second-order valence-corrected chi connectivity index (χ2v) is 2.96. The van der Waals surface area contributed by atoms with Gasteiger partial charge in [0.1, 0.15) is 5.52 Å². The van der Waals surface area contributed by atoms with Crippen molar-refractivity contribution in [1.29, 1.82) is 0 Å². The lowest BCUT2D eigenvalue weighted by molar-refractivity contribution is 0.602. The van der Waals surface area contributed by atoms with Gasteiger partial charge in [-0.1, -0.05) is 12.1 Å². The van der Waals surface area contributed by atoms with E-state index in [0.717, 1.165) is 11.1 Å². The summed E-state index contributed by atoms with van der Waals surface area (Å²) < 4.78 is 5.16. The second kappa shape index (κ2) is 2.96. The first-order valence-electron chi connectivity index (χ1n) is 3.41. The minimum atomic E-state index is 0.155. The summed E-state index contributed by atoms with van der Waals surface area (Å²) in [5, 5.41) is 0.155. The van der Waals surface area contributed by atoms with E-state index in [1.807, 2.05) is 18.2 Å². The third kappa shape index (κ3) is 1.17. The van der Waals surface area contributed by atoms with Crippen molar-refractivity contribution in [3.63, 3.8) is 0 Å². The number of oxazole rings is 1. The van der Waals surface area contributed by atoms with Crippen LogP contribution < -0.4 is 0 Å². The molecular formula is C8H5Cl2NO. The number of fused-ring (bicyclic) bond motifs is 1. The molecule has 0 aliphatic heterocycles. The minimum Gasteiger partial charge on any atom is -0.427 e. The van der Waals surface area contributed by atoms with Crippen LogP contribution in [0.2, 0.25) is 5.35 Å². The van der Waals surface area contributed by atoms with Crippen molar-refractivity contribution >= 4 is 34.3 Å². The van der Waals surface area contributed by atoms with Crippen molar-refractivity contribution in [3.05, 3.63) is 29.1 Å². The number of benzene rings is 1. The van der Waals surface area contributed by atoms with Crippen molar-refractivity contribution in [2.75, 3.05) is 0 Å². The molecule has 1 heterocycles. The number of nitrogens with zero attached hydrogens (tertiary/aromatic N) is 1. The number of rotatable bonds is 1. The molecule has 0 N–H and O–H groups in total. The maximum absolute atomic E-state index is 5.68. The molecule has 0 saturated heterocycles. The van der Waals surface area contributed by atoms with E-state index in [0.29, 0.717) is 11.5 Å². The minimum absolute atomic E-state index is 0.155. The molecule has 0 fully saturated rings. The van der Waals surface area contributed by atoms with Crippen LogP contribution in [0.1, 0.15) is 5.56 Å². The molecule has 4 heteroatoms. The van der Waals surface area contributed by atoms with Gasteiger partial charge in [0.2, 0.25) is 0 Å². The lowest BCUT2D eigenvalue weighted by Crippen LogP contribution is -1.77. The zero-order chi connectivity index (χ0) is 8.55. The van der Waals surface area contributed by atoms with Crippen LogP contribution in [0.25, 0.3) is 11.1 Å². The molecule has 2 nitrogen and oxygen atoms in total. The Morgan fingerprint density at radius 2 is 2.25 bits per heavy atom. The Bertz CT molecular complexity index is 410. The fourth-order valence-corrected chi connectivity index (χ4v) is 1.46. The van der Waals surface area contributed by atoms with Gasteiger partial charge >= 0.3 is 0 Å². The van der Waals surface area contributed by atoms with Gasteiger partial charge < -0.3 is 4.42 Å². The molecule has 0 bridgehead atoms. The van der Waals surface area contributed by atoms with Gasteiger partial charge in [-0.3, -0.25) is 0 Å². The predicted molar refractivity (Wildman–Crippen MR) is 48.6 cm³/mol. The summed E-state index contributed by atoms with van der Waals surface area (Å²) in [4.78, 5) is 3.96. The lowest BCUT2D eigenvalue weighted by Gasteiger charge is -1.92. The normalized spacial score (nSPS) is 10.8. The highest BCUT2D eigenvalue weighted by Gasteiger charge is 2.06. The molecule has 1 aromatic heterocycles. The van der Waals surface area contributed by atoms with E-state index >= 15 is 0 Å². The van der Waals surface area contributed by atoms with Crippen LogP contribution in [-0.4, -0.2) is 4.98 Å². The Morgan fingerprint density at radius 1 is 1.42 bits per heavy atom.